The predicted octanol–water partition coefficient (Wildman–Crippen LogP) is 1.55. The van der Waals surface area contributed by atoms with E-state index in [4.69, 9.17) is 5.73 Å². The number of carbonyl (C=O) groups is 2. The van der Waals surface area contributed by atoms with Crippen LogP contribution in [0, 0.1) is 5.82 Å². The number of aromatic amines is 1. The monoisotopic (exact) mass is 316 g/mol. The molecule has 1 aliphatic rings. The number of nitrogens with one attached hydrogen (secondary N) is 1. The summed E-state index contributed by atoms with van der Waals surface area (Å²) < 4.78 is 12.9. The van der Waals surface area contributed by atoms with Crippen LogP contribution in [-0.2, 0) is 11.2 Å². The van der Waals surface area contributed by atoms with Gasteiger partial charge in [0.15, 0.2) is 0 Å². The molecule has 0 bridgehead atoms. The summed E-state index contributed by atoms with van der Waals surface area (Å²) in [5, 5.41) is 6.66. The number of aromatic nitrogens is 2. The second-order valence-corrected chi connectivity index (χ2v) is 5.61. The fraction of sp³-hybridized carbons (Fsp3) is 0.312. The molecule has 1 aliphatic heterocycles. The number of likely N-dealkylation sites (tertiary alicyclic amines) is 1. The molecule has 3 rings (SSSR count). The molecule has 1 aromatic carbocycles. The molecule has 1 fully saturated rings. The van der Waals surface area contributed by atoms with Crippen molar-refractivity contribution in [3.8, 4) is 0 Å². The lowest BCUT2D eigenvalue weighted by Crippen LogP contribution is -2.33. The van der Waals surface area contributed by atoms with Crippen LogP contribution in [0.4, 0.5) is 4.39 Å². The zero-order chi connectivity index (χ0) is 16.4. The van der Waals surface area contributed by atoms with Gasteiger partial charge in [-0.25, -0.2) is 4.39 Å². The van der Waals surface area contributed by atoms with Crippen molar-refractivity contribution in [3.05, 3.63) is 53.1 Å². The summed E-state index contributed by atoms with van der Waals surface area (Å²) in [6.45, 7) is 0.613. The Labute approximate surface area is 132 Å². The van der Waals surface area contributed by atoms with Gasteiger partial charge in [0, 0.05) is 6.54 Å². The second kappa shape index (κ2) is 6.20. The first kappa shape index (κ1) is 15.2. The average Bonchev–Trinajstić information content (AvgIpc) is 3.17. The van der Waals surface area contributed by atoms with Gasteiger partial charge in [-0.1, -0.05) is 12.1 Å². The largest absolute Gasteiger partial charge is 0.365 e. The molecule has 0 spiro atoms. The van der Waals surface area contributed by atoms with Crippen LogP contribution in [0.3, 0.4) is 0 Å². The first-order valence-corrected chi connectivity index (χ1v) is 7.43. The van der Waals surface area contributed by atoms with E-state index in [-0.39, 0.29) is 24.2 Å². The molecule has 120 valence electrons. The summed E-state index contributed by atoms with van der Waals surface area (Å²) in [6.07, 6.45) is 3.17. The fourth-order valence-corrected chi connectivity index (χ4v) is 2.99. The predicted molar refractivity (Wildman–Crippen MR) is 80.9 cm³/mol. The number of benzene rings is 1. The molecule has 23 heavy (non-hydrogen) atoms. The van der Waals surface area contributed by atoms with Crippen molar-refractivity contribution >= 4 is 11.8 Å². The minimum atomic E-state index is -0.563. The number of rotatable bonds is 4. The first-order valence-electron chi connectivity index (χ1n) is 7.43. The third-order valence-electron chi connectivity index (χ3n) is 4.11. The molecule has 0 aliphatic carbocycles. The van der Waals surface area contributed by atoms with E-state index in [0.717, 1.165) is 18.4 Å². The molecule has 2 heterocycles. The maximum Gasteiger partial charge on any atom is 0.252 e. The van der Waals surface area contributed by atoms with Crippen LogP contribution >= 0.6 is 0 Å². The third-order valence-corrected chi connectivity index (χ3v) is 4.11. The molecular weight excluding hydrogens is 299 g/mol. The van der Waals surface area contributed by atoms with Gasteiger partial charge in [0.25, 0.3) is 5.91 Å². The van der Waals surface area contributed by atoms with Crippen LogP contribution < -0.4 is 5.73 Å². The minimum Gasteiger partial charge on any atom is -0.365 e. The number of carbonyl (C=O) groups excluding carboxylic acids is 2. The SMILES string of the molecule is NC(=O)c1cn[nH]c1[C@@H]1CCCN1C(=O)Cc1ccc(F)cc1. The Morgan fingerprint density at radius 3 is 2.78 bits per heavy atom. The van der Waals surface area contributed by atoms with Gasteiger partial charge >= 0.3 is 0 Å². The van der Waals surface area contributed by atoms with Gasteiger partial charge in [0.2, 0.25) is 5.91 Å². The molecule has 1 atom stereocenters. The molecule has 7 heteroatoms. The number of H-pyrrole nitrogens is 1. The van der Waals surface area contributed by atoms with E-state index in [2.05, 4.69) is 10.2 Å². The molecule has 0 unspecified atom stereocenters. The van der Waals surface area contributed by atoms with Gasteiger partial charge in [0.05, 0.1) is 29.9 Å². The lowest BCUT2D eigenvalue weighted by molar-refractivity contribution is -0.131. The van der Waals surface area contributed by atoms with Crippen molar-refractivity contribution in [2.75, 3.05) is 6.54 Å². The van der Waals surface area contributed by atoms with Gasteiger partial charge in [0.1, 0.15) is 5.82 Å². The minimum absolute atomic E-state index is 0.0656. The van der Waals surface area contributed by atoms with Gasteiger partial charge in [-0.3, -0.25) is 14.7 Å². The molecule has 0 radical (unpaired) electrons. The Balaban J connectivity index is 1.78. The number of nitrogens with two attached hydrogens (primary N) is 1. The zero-order valence-corrected chi connectivity index (χ0v) is 12.5. The number of primary amides is 1. The van der Waals surface area contributed by atoms with Crippen molar-refractivity contribution in [2.45, 2.75) is 25.3 Å². The number of nitrogens with zero attached hydrogens (tertiary/aromatic N) is 2. The summed E-state index contributed by atoms with van der Waals surface area (Å²) in [4.78, 5) is 25.8. The van der Waals surface area contributed by atoms with E-state index in [1.54, 1.807) is 17.0 Å². The first-order chi connectivity index (χ1) is 11.1. The lowest BCUT2D eigenvalue weighted by Gasteiger charge is -2.24. The van der Waals surface area contributed by atoms with E-state index < -0.39 is 5.91 Å². The van der Waals surface area contributed by atoms with Crippen LogP contribution in [0.5, 0.6) is 0 Å². The fourth-order valence-electron chi connectivity index (χ4n) is 2.99. The van der Waals surface area contributed by atoms with Crippen LogP contribution in [-0.4, -0.2) is 33.5 Å². The van der Waals surface area contributed by atoms with Gasteiger partial charge in [-0.15, -0.1) is 0 Å². The summed E-state index contributed by atoms with van der Waals surface area (Å²) in [7, 11) is 0. The van der Waals surface area contributed by atoms with E-state index in [1.165, 1.54) is 18.3 Å². The highest BCUT2D eigenvalue weighted by Gasteiger charge is 2.33. The van der Waals surface area contributed by atoms with Crippen molar-refractivity contribution in [1.29, 1.82) is 0 Å². The van der Waals surface area contributed by atoms with E-state index in [9.17, 15) is 14.0 Å². The van der Waals surface area contributed by atoms with Crippen LogP contribution in [0.1, 0.15) is 40.5 Å². The third kappa shape index (κ3) is 3.08. The smallest absolute Gasteiger partial charge is 0.252 e. The van der Waals surface area contributed by atoms with Crippen LogP contribution in [0.15, 0.2) is 30.5 Å². The van der Waals surface area contributed by atoms with Crippen molar-refractivity contribution < 1.29 is 14.0 Å². The number of hydrogen-bond acceptors (Lipinski definition) is 3. The normalized spacial score (nSPS) is 17.4. The Morgan fingerprint density at radius 2 is 2.09 bits per heavy atom. The van der Waals surface area contributed by atoms with Crippen molar-refractivity contribution in [3.63, 3.8) is 0 Å². The number of hydrogen-bond donors (Lipinski definition) is 2. The van der Waals surface area contributed by atoms with E-state index in [1.807, 2.05) is 0 Å². The van der Waals surface area contributed by atoms with Crippen molar-refractivity contribution in [1.82, 2.24) is 15.1 Å². The molecule has 3 N–H and O–H groups in total. The van der Waals surface area contributed by atoms with Gasteiger partial charge < -0.3 is 10.6 Å². The summed E-state index contributed by atoms with van der Waals surface area (Å²) >= 11 is 0. The number of halogens is 1. The quantitative estimate of drug-likeness (QED) is 0.896. The Kier molecular flexibility index (Phi) is 4.10. The molecule has 1 saturated heterocycles. The molecule has 0 saturated carbocycles. The van der Waals surface area contributed by atoms with E-state index >= 15 is 0 Å². The highest BCUT2D eigenvalue weighted by molar-refractivity contribution is 5.94. The maximum atomic E-state index is 12.9. The maximum absolute atomic E-state index is 12.9. The molecular formula is C16H17FN4O2. The van der Waals surface area contributed by atoms with E-state index in [0.29, 0.717) is 17.8 Å². The Morgan fingerprint density at radius 1 is 1.35 bits per heavy atom. The van der Waals surface area contributed by atoms with Crippen molar-refractivity contribution in [2.24, 2.45) is 5.73 Å². The number of amides is 2. The molecule has 6 nitrogen and oxygen atoms in total. The Bertz CT molecular complexity index is 726. The molecule has 1 aromatic heterocycles. The van der Waals surface area contributed by atoms with Gasteiger partial charge in [-0.05, 0) is 30.5 Å². The summed E-state index contributed by atoms with van der Waals surface area (Å²) in [5.41, 5.74) is 7.00. The zero-order valence-electron chi connectivity index (χ0n) is 12.5. The Hall–Kier alpha value is -2.70. The summed E-state index contributed by atoms with van der Waals surface area (Å²) in [5.74, 6) is -0.959. The molecule has 2 aromatic rings. The topological polar surface area (TPSA) is 92.1 Å². The average molecular weight is 316 g/mol. The van der Waals surface area contributed by atoms with Crippen LogP contribution in [0.2, 0.25) is 0 Å². The highest BCUT2D eigenvalue weighted by atomic mass is 19.1. The van der Waals surface area contributed by atoms with Crippen LogP contribution in [0.25, 0.3) is 0 Å². The second-order valence-electron chi connectivity index (χ2n) is 5.61. The molecule has 2 amide bonds. The standard InChI is InChI=1S/C16H17FN4O2/c17-11-5-3-10(4-6-11)8-14(22)21-7-1-2-13(21)15-12(16(18)23)9-19-20-15/h3-6,9,13H,1-2,7-8H2,(H2,18,23)(H,19,20)/t13-/m0/s1. The van der Waals surface area contributed by atoms with Gasteiger partial charge in [-0.2, -0.15) is 5.10 Å². The lowest BCUT2D eigenvalue weighted by atomic mass is 10.1. The highest BCUT2D eigenvalue weighted by Crippen LogP contribution is 2.32. The summed E-state index contributed by atoms with van der Waals surface area (Å²) in [6, 6.07) is 5.65.